The minimum Gasteiger partial charge on any atom is -0.380 e. The van der Waals surface area contributed by atoms with Gasteiger partial charge in [0.05, 0.1) is 0 Å². The number of nitrogens with one attached hydrogen (secondary N) is 1. The summed E-state index contributed by atoms with van der Waals surface area (Å²) in [6.07, 6.45) is 5.96. The summed E-state index contributed by atoms with van der Waals surface area (Å²) in [5.41, 5.74) is 4.13. The number of aryl methyl sites for hydroxylation is 1. The first-order valence-electron chi connectivity index (χ1n) is 16.1. The fraction of sp³-hybridized carbons (Fsp3) is 0.359. The van der Waals surface area contributed by atoms with Gasteiger partial charge in [-0.05, 0) is 86.0 Å². The van der Waals surface area contributed by atoms with Gasteiger partial charge >= 0.3 is 0 Å². The molecule has 1 unspecified atom stereocenters. The largest absolute Gasteiger partial charge is 0.380 e. The van der Waals surface area contributed by atoms with Crippen LogP contribution in [0, 0.1) is 5.92 Å². The topological polar surface area (TPSA) is 52.6 Å². The molecule has 5 rings (SSSR count). The second-order valence-electron chi connectivity index (χ2n) is 12.0. The Morgan fingerprint density at radius 3 is 2.00 bits per heavy atom. The maximum absolute atomic E-state index is 13.3. The highest BCUT2D eigenvalue weighted by atomic mass is 16.3. The molecule has 4 nitrogen and oxygen atoms in total. The molecule has 1 amide bonds. The van der Waals surface area contributed by atoms with Crippen molar-refractivity contribution < 1.29 is 9.90 Å². The standard InChI is InChI=1S/C39H46N2O2/c1-2-3-15-32-18-13-14-23-37(32)38(42)40-30-33(31-16-7-4-8-17-31)24-27-41-28-25-36(26-29-41)39(43,34-19-9-5-10-20-34)35-21-11-6-12-22-35/h4-14,16-23,33,36,43H,2-3,15,24-30H2,1H3,(H,40,42). The maximum atomic E-state index is 13.3. The van der Waals surface area contributed by atoms with Crippen LogP contribution < -0.4 is 5.32 Å². The molecule has 1 atom stereocenters. The molecule has 4 heteroatoms. The van der Waals surface area contributed by atoms with Crippen LogP contribution >= 0.6 is 0 Å². The number of hydrogen-bond acceptors (Lipinski definition) is 3. The Balaban J connectivity index is 1.22. The highest BCUT2D eigenvalue weighted by molar-refractivity contribution is 5.95. The van der Waals surface area contributed by atoms with Gasteiger partial charge in [-0.15, -0.1) is 0 Å². The van der Waals surface area contributed by atoms with Gasteiger partial charge < -0.3 is 15.3 Å². The number of amides is 1. The second kappa shape index (κ2) is 15.1. The smallest absolute Gasteiger partial charge is 0.251 e. The van der Waals surface area contributed by atoms with E-state index in [4.69, 9.17) is 0 Å². The fourth-order valence-electron chi connectivity index (χ4n) is 6.69. The van der Waals surface area contributed by atoms with Gasteiger partial charge in [-0.25, -0.2) is 0 Å². The predicted octanol–water partition coefficient (Wildman–Crippen LogP) is 7.58. The number of nitrogens with zero attached hydrogens (tertiary/aromatic N) is 1. The molecule has 4 aromatic carbocycles. The first-order valence-corrected chi connectivity index (χ1v) is 16.1. The molecule has 0 saturated carbocycles. The summed E-state index contributed by atoms with van der Waals surface area (Å²) in [7, 11) is 0. The number of aliphatic hydroxyl groups is 1. The Morgan fingerprint density at radius 2 is 1.40 bits per heavy atom. The van der Waals surface area contributed by atoms with E-state index in [1.807, 2.05) is 54.6 Å². The molecule has 224 valence electrons. The third-order valence-corrected chi connectivity index (χ3v) is 9.24. The predicted molar refractivity (Wildman–Crippen MR) is 176 cm³/mol. The minimum absolute atomic E-state index is 0.0227. The quantitative estimate of drug-likeness (QED) is 0.173. The molecule has 4 aromatic rings. The van der Waals surface area contributed by atoms with Gasteiger partial charge in [0.1, 0.15) is 5.60 Å². The first-order chi connectivity index (χ1) is 21.1. The maximum Gasteiger partial charge on any atom is 0.251 e. The van der Waals surface area contributed by atoms with Crippen LogP contribution in [0.2, 0.25) is 0 Å². The number of piperidine rings is 1. The van der Waals surface area contributed by atoms with Gasteiger partial charge in [-0.1, -0.05) is 123 Å². The van der Waals surface area contributed by atoms with Gasteiger partial charge in [-0.3, -0.25) is 4.79 Å². The van der Waals surface area contributed by atoms with Crippen molar-refractivity contribution in [3.05, 3.63) is 143 Å². The molecule has 1 heterocycles. The first kappa shape index (κ1) is 30.7. The molecule has 1 aliphatic heterocycles. The highest BCUT2D eigenvalue weighted by Crippen LogP contribution is 2.42. The van der Waals surface area contributed by atoms with Gasteiger partial charge in [-0.2, -0.15) is 0 Å². The molecule has 43 heavy (non-hydrogen) atoms. The number of benzene rings is 4. The SMILES string of the molecule is CCCCc1ccccc1C(=O)NCC(CCN1CCC(C(O)(c2ccccc2)c2ccccc2)CC1)c1ccccc1. The average Bonchev–Trinajstić information content (AvgIpc) is 3.08. The van der Waals surface area contributed by atoms with Crippen LogP contribution in [-0.4, -0.2) is 42.1 Å². The van der Waals surface area contributed by atoms with Crippen molar-refractivity contribution in [1.29, 1.82) is 0 Å². The summed E-state index contributed by atoms with van der Waals surface area (Å²) in [6, 6.07) is 38.9. The molecule has 1 fully saturated rings. The van der Waals surface area contributed by atoms with Crippen molar-refractivity contribution in [3.63, 3.8) is 0 Å². The Kier molecular flexibility index (Phi) is 10.8. The lowest BCUT2D eigenvalue weighted by Crippen LogP contribution is -2.44. The zero-order valence-electron chi connectivity index (χ0n) is 25.5. The van der Waals surface area contributed by atoms with Crippen molar-refractivity contribution in [2.45, 2.75) is 57.0 Å². The van der Waals surface area contributed by atoms with Gasteiger partial charge in [0.15, 0.2) is 0 Å². The van der Waals surface area contributed by atoms with Crippen molar-refractivity contribution in [1.82, 2.24) is 10.2 Å². The number of carbonyl (C=O) groups is 1. The molecule has 1 aliphatic rings. The van der Waals surface area contributed by atoms with E-state index in [0.717, 1.165) is 80.4 Å². The van der Waals surface area contributed by atoms with Crippen molar-refractivity contribution in [3.8, 4) is 0 Å². The van der Waals surface area contributed by atoms with Crippen molar-refractivity contribution in [2.24, 2.45) is 5.92 Å². The van der Waals surface area contributed by atoms with E-state index in [0.29, 0.717) is 6.54 Å². The molecule has 0 aromatic heterocycles. The van der Waals surface area contributed by atoms with E-state index in [2.05, 4.69) is 77.8 Å². The van der Waals surface area contributed by atoms with E-state index < -0.39 is 5.60 Å². The van der Waals surface area contributed by atoms with E-state index in [1.54, 1.807) is 0 Å². The molecule has 0 spiro atoms. The number of likely N-dealkylation sites (tertiary alicyclic amines) is 1. The third kappa shape index (κ3) is 7.62. The monoisotopic (exact) mass is 574 g/mol. The summed E-state index contributed by atoms with van der Waals surface area (Å²) < 4.78 is 0. The summed E-state index contributed by atoms with van der Waals surface area (Å²) in [6.45, 7) is 5.66. The van der Waals surface area contributed by atoms with Crippen LogP contribution in [0.5, 0.6) is 0 Å². The Morgan fingerprint density at radius 1 is 0.837 bits per heavy atom. The van der Waals surface area contributed by atoms with Crippen LogP contribution in [0.25, 0.3) is 0 Å². The zero-order valence-corrected chi connectivity index (χ0v) is 25.5. The Bertz CT molecular complexity index is 1360. The lowest BCUT2D eigenvalue weighted by Gasteiger charge is -2.42. The number of unbranched alkanes of at least 4 members (excludes halogenated alkanes) is 1. The average molecular weight is 575 g/mol. The Hall–Kier alpha value is -3.73. The molecule has 0 radical (unpaired) electrons. The third-order valence-electron chi connectivity index (χ3n) is 9.24. The second-order valence-corrected chi connectivity index (χ2v) is 12.0. The van der Waals surface area contributed by atoms with Gasteiger partial charge in [0.25, 0.3) is 5.91 Å². The van der Waals surface area contributed by atoms with E-state index >= 15 is 0 Å². The number of carbonyl (C=O) groups excluding carboxylic acids is 1. The molecule has 0 bridgehead atoms. The van der Waals surface area contributed by atoms with Crippen LogP contribution in [0.1, 0.15) is 77.6 Å². The fourth-order valence-corrected chi connectivity index (χ4v) is 6.69. The summed E-state index contributed by atoms with van der Waals surface area (Å²) in [5.74, 6) is 0.399. The van der Waals surface area contributed by atoms with Crippen LogP contribution in [0.4, 0.5) is 0 Å². The van der Waals surface area contributed by atoms with E-state index in [9.17, 15) is 9.90 Å². The molecule has 2 N–H and O–H groups in total. The summed E-state index contributed by atoms with van der Waals surface area (Å²) in [4.78, 5) is 15.8. The van der Waals surface area contributed by atoms with Crippen LogP contribution in [-0.2, 0) is 12.0 Å². The molecule has 1 saturated heterocycles. The molecule has 0 aliphatic carbocycles. The van der Waals surface area contributed by atoms with E-state index in [-0.39, 0.29) is 17.7 Å². The van der Waals surface area contributed by atoms with E-state index in [1.165, 1.54) is 5.56 Å². The van der Waals surface area contributed by atoms with Crippen molar-refractivity contribution >= 4 is 5.91 Å². The summed E-state index contributed by atoms with van der Waals surface area (Å²) in [5, 5.41) is 15.5. The van der Waals surface area contributed by atoms with Gasteiger partial charge in [0.2, 0.25) is 0 Å². The lowest BCUT2D eigenvalue weighted by molar-refractivity contribution is -0.0144. The number of hydrogen-bond donors (Lipinski definition) is 2. The normalized spacial score (nSPS) is 15.2. The Labute approximate surface area is 257 Å². The molecular formula is C39H46N2O2. The number of rotatable bonds is 13. The van der Waals surface area contributed by atoms with Crippen LogP contribution in [0.3, 0.4) is 0 Å². The molecular weight excluding hydrogens is 528 g/mol. The van der Waals surface area contributed by atoms with Gasteiger partial charge in [0, 0.05) is 18.0 Å². The zero-order chi connectivity index (χ0) is 29.9. The summed E-state index contributed by atoms with van der Waals surface area (Å²) >= 11 is 0. The van der Waals surface area contributed by atoms with Crippen molar-refractivity contribution in [2.75, 3.05) is 26.2 Å². The minimum atomic E-state index is -1.00. The van der Waals surface area contributed by atoms with Crippen LogP contribution in [0.15, 0.2) is 115 Å². The lowest BCUT2D eigenvalue weighted by atomic mass is 9.72. The highest BCUT2D eigenvalue weighted by Gasteiger charge is 2.41.